The molecule has 1 fully saturated rings. The van der Waals surface area contributed by atoms with Gasteiger partial charge >= 0.3 is 0 Å². The summed E-state index contributed by atoms with van der Waals surface area (Å²) in [5, 5.41) is 0. The highest BCUT2D eigenvalue weighted by Crippen LogP contribution is 2.44. The molecule has 0 unspecified atom stereocenters. The summed E-state index contributed by atoms with van der Waals surface area (Å²) >= 11 is 0. The van der Waals surface area contributed by atoms with Crippen molar-refractivity contribution in [1.82, 2.24) is 9.97 Å². The van der Waals surface area contributed by atoms with Crippen LogP contribution in [0.5, 0.6) is 0 Å². The quantitative estimate of drug-likeness (QED) is 0.706. The first-order valence-electron chi connectivity index (χ1n) is 4.56. The van der Waals surface area contributed by atoms with Gasteiger partial charge in [0.1, 0.15) is 0 Å². The van der Waals surface area contributed by atoms with Crippen LogP contribution < -0.4 is 5.73 Å². The Morgan fingerprint density at radius 3 is 2.83 bits per heavy atom. The molecule has 3 N–H and O–H groups in total. The molecule has 66 valence electrons. The molecular formula is C9H15N3. The largest absolute Gasteiger partial charge is 0.348 e. The maximum Gasteiger partial charge on any atom is 0.0921 e. The first-order chi connectivity index (χ1) is 5.87. The Morgan fingerprint density at radius 2 is 2.42 bits per heavy atom. The van der Waals surface area contributed by atoms with E-state index in [4.69, 9.17) is 5.73 Å². The summed E-state index contributed by atoms with van der Waals surface area (Å²) in [5.74, 6) is 0. The van der Waals surface area contributed by atoms with Crippen LogP contribution in [0, 0.1) is 0 Å². The fourth-order valence-corrected chi connectivity index (χ4v) is 2.08. The van der Waals surface area contributed by atoms with Gasteiger partial charge in [0.25, 0.3) is 0 Å². The molecule has 0 amide bonds. The number of rotatable bonds is 3. The van der Waals surface area contributed by atoms with Gasteiger partial charge in [-0.15, -0.1) is 0 Å². The van der Waals surface area contributed by atoms with Crippen LogP contribution in [0.25, 0.3) is 0 Å². The van der Waals surface area contributed by atoms with Crippen LogP contribution in [0.1, 0.15) is 31.4 Å². The second kappa shape index (κ2) is 2.90. The van der Waals surface area contributed by atoms with E-state index < -0.39 is 0 Å². The number of imidazole rings is 1. The summed E-state index contributed by atoms with van der Waals surface area (Å²) in [6, 6.07) is 0. The van der Waals surface area contributed by atoms with Crippen molar-refractivity contribution in [2.24, 2.45) is 5.73 Å². The van der Waals surface area contributed by atoms with Crippen LogP contribution >= 0.6 is 0 Å². The van der Waals surface area contributed by atoms with Gasteiger partial charge < -0.3 is 10.7 Å². The van der Waals surface area contributed by atoms with Crippen molar-refractivity contribution in [1.29, 1.82) is 0 Å². The average molecular weight is 165 g/mol. The molecule has 1 aromatic heterocycles. The van der Waals surface area contributed by atoms with E-state index in [2.05, 4.69) is 9.97 Å². The zero-order chi connectivity index (χ0) is 8.44. The molecule has 1 saturated carbocycles. The van der Waals surface area contributed by atoms with Crippen molar-refractivity contribution in [3.05, 3.63) is 18.2 Å². The number of hydrogen-bond acceptors (Lipinski definition) is 2. The lowest BCUT2D eigenvalue weighted by Gasteiger charge is -2.40. The number of nitrogens with zero attached hydrogens (tertiary/aromatic N) is 1. The Hall–Kier alpha value is -0.830. The van der Waals surface area contributed by atoms with E-state index in [1.54, 1.807) is 6.33 Å². The van der Waals surface area contributed by atoms with Crippen LogP contribution in [0.2, 0.25) is 0 Å². The van der Waals surface area contributed by atoms with Crippen LogP contribution in [0.15, 0.2) is 12.5 Å². The lowest BCUT2D eigenvalue weighted by Crippen LogP contribution is -2.36. The van der Waals surface area contributed by atoms with Crippen molar-refractivity contribution in [3.63, 3.8) is 0 Å². The fraction of sp³-hybridized carbons (Fsp3) is 0.667. The topological polar surface area (TPSA) is 54.7 Å². The SMILES string of the molecule is NCCC1(c2cnc[nH]2)CCC1. The van der Waals surface area contributed by atoms with E-state index in [0.29, 0.717) is 5.41 Å². The van der Waals surface area contributed by atoms with Crippen molar-refractivity contribution in [2.75, 3.05) is 6.54 Å². The van der Waals surface area contributed by atoms with Crippen LogP contribution in [-0.2, 0) is 5.41 Å². The average Bonchev–Trinajstić information content (AvgIpc) is 2.48. The monoisotopic (exact) mass is 165 g/mol. The number of nitrogens with two attached hydrogens (primary N) is 1. The normalized spacial score (nSPS) is 20.4. The smallest absolute Gasteiger partial charge is 0.0921 e. The van der Waals surface area contributed by atoms with Gasteiger partial charge in [-0.1, -0.05) is 6.42 Å². The Morgan fingerprint density at radius 1 is 1.58 bits per heavy atom. The molecule has 2 rings (SSSR count). The van der Waals surface area contributed by atoms with Gasteiger partial charge in [-0.05, 0) is 25.8 Å². The van der Waals surface area contributed by atoms with Crippen molar-refractivity contribution in [3.8, 4) is 0 Å². The summed E-state index contributed by atoms with van der Waals surface area (Å²) in [4.78, 5) is 7.25. The zero-order valence-corrected chi connectivity index (χ0v) is 7.21. The minimum Gasteiger partial charge on any atom is -0.348 e. The predicted octanol–water partition coefficient (Wildman–Crippen LogP) is 1.18. The maximum atomic E-state index is 5.60. The van der Waals surface area contributed by atoms with Gasteiger partial charge in [-0.3, -0.25) is 0 Å². The highest BCUT2D eigenvalue weighted by molar-refractivity contribution is 5.17. The molecule has 0 aliphatic heterocycles. The molecule has 0 aromatic carbocycles. The van der Waals surface area contributed by atoms with Gasteiger partial charge in [-0.25, -0.2) is 4.98 Å². The molecule has 12 heavy (non-hydrogen) atoms. The highest BCUT2D eigenvalue weighted by Gasteiger charge is 2.38. The van der Waals surface area contributed by atoms with Crippen LogP contribution in [-0.4, -0.2) is 16.5 Å². The van der Waals surface area contributed by atoms with Gasteiger partial charge in [-0.2, -0.15) is 0 Å². The molecule has 0 spiro atoms. The van der Waals surface area contributed by atoms with Gasteiger partial charge in [0.2, 0.25) is 0 Å². The van der Waals surface area contributed by atoms with Crippen LogP contribution in [0.3, 0.4) is 0 Å². The molecule has 0 saturated heterocycles. The molecule has 3 nitrogen and oxygen atoms in total. The van der Waals surface area contributed by atoms with Gasteiger partial charge in [0, 0.05) is 17.3 Å². The Bertz CT molecular complexity index is 236. The number of aromatic amines is 1. The van der Waals surface area contributed by atoms with E-state index in [1.807, 2.05) is 6.20 Å². The maximum absolute atomic E-state index is 5.60. The van der Waals surface area contributed by atoms with Gasteiger partial charge in [0.05, 0.1) is 6.33 Å². The lowest BCUT2D eigenvalue weighted by molar-refractivity contribution is 0.223. The molecule has 1 aromatic rings. The number of nitrogens with one attached hydrogen (secondary N) is 1. The Kier molecular flexibility index (Phi) is 1.89. The van der Waals surface area contributed by atoms with Crippen molar-refractivity contribution < 1.29 is 0 Å². The summed E-state index contributed by atoms with van der Waals surface area (Å²) in [6.45, 7) is 0.777. The lowest BCUT2D eigenvalue weighted by atomic mass is 9.65. The second-order valence-electron chi connectivity index (χ2n) is 3.64. The fourth-order valence-electron chi connectivity index (χ4n) is 2.08. The molecule has 1 aliphatic carbocycles. The van der Waals surface area contributed by atoms with Crippen LogP contribution in [0.4, 0.5) is 0 Å². The first kappa shape index (κ1) is 7.80. The number of hydrogen-bond donors (Lipinski definition) is 2. The second-order valence-corrected chi connectivity index (χ2v) is 3.64. The third kappa shape index (κ3) is 1.05. The Labute approximate surface area is 72.4 Å². The molecule has 0 atom stereocenters. The van der Waals surface area contributed by atoms with Crippen molar-refractivity contribution >= 4 is 0 Å². The number of H-pyrrole nitrogens is 1. The summed E-state index contributed by atoms with van der Waals surface area (Å²) in [7, 11) is 0. The van der Waals surface area contributed by atoms with Crippen molar-refractivity contribution in [2.45, 2.75) is 31.1 Å². The van der Waals surface area contributed by atoms with E-state index >= 15 is 0 Å². The van der Waals surface area contributed by atoms with Gasteiger partial charge in [0.15, 0.2) is 0 Å². The molecule has 1 heterocycles. The zero-order valence-electron chi connectivity index (χ0n) is 7.21. The van der Waals surface area contributed by atoms with E-state index in [9.17, 15) is 0 Å². The minimum absolute atomic E-state index is 0.352. The molecular weight excluding hydrogens is 150 g/mol. The molecule has 0 bridgehead atoms. The van der Waals surface area contributed by atoms with E-state index in [-0.39, 0.29) is 0 Å². The predicted molar refractivity (Wildman–Crippen MR) is 47.8 cm³/mol. The minimum atomic E-state index is 0.352. The van der Waals surface area contributed by atoms with E-state index in [1.165, 1.54) is 25.0 Å². The molecule has 3 heteroatoms. The third-order valence-electron chi connectivity index (χ3n) is 3.00. The molecule has 0 radical (unpaired) electrons. The number of aromatic nitrogens is 2. The highest BCUT2D eigenvalue weighted by atomic mass is 14.9. The summed E-state index contributed by atoms with van der Waals surface area (Å²) in [6.07, 6.45) is 8.66. The summed E-state index contributed by atoms with van der Waals surface area (Å²) in [5.41, 5.74) is 7.23. The Balaban J connectivity index is 2.17. The molecule has 1 aliphatic rings. The third-order valence-corrected chi connectivity index (χ3v) is 3.00. The summed E-state index contributed by atoms with van der Waals surface area (Å²) < 4.78 is 0. The standard InChI is InChI=1S/C9H15N3/c10-5-4-9(2-1-3-9)8-6-11-7-12-8/h6-7H,1-5,10H2,(H,11,12). The van der Waals surface area contributed by atoms with E-state index in [0.717, 1.165) is 13.0 Å². The first-order valence-corrected chi connectivity index (χ1v) is 4.56.